The number of hydrogen-bond acceptors (Lipinski definition) is 3. The molecule has 3 nitrogen and oxygen atoms in total. The summed E-state index contributed by atoms with van der Waals surface area (Å²) in [7, 11) is 1.46. The largest absolute Gasteiger partial charge is 0.496 e. The van der Waals surface area contributed by atoms with E-state index in [1.165, 1.54) is 32.2 Å². The van der Waals surface area contributed by atoms with Crippen molar-refractivity contribution in [3.8, 4) is 5.75 Å². The van der Waals surface area contributed by atoms with Crippen molar-refractivity contribution in [3.63, 3.8) is 0 Å². The van der Waals surface area contributed by atoms with E-state index >= 15 is 0 Å². The second-order valence-electron chi connectivity index (χ2n) is 3.32. The number of aliphatic hydroxyl groups is 1. The standard InChI is InChI=1S/C10H14FNO2/c1-10(13,6-12)8-5-7(11)3-4-9(8)14-2/h3-5,13H,6,12H2,1-2H3. The van der Waals surface area contributed by atoms with Crippen LogP contribution in [0.25, 0.3) is 0 Å². The molecule has 0 amide bonds. The van der Waals surface area contributed by atoms with Crippen LogP contribution in [-0.2, 0) is 5.60 Å². The molecule has 3 N–H and O–H groups in total. The summed E-state index contributed by atoms with van der Waals surface area (Å²) in [5.41, 5.74) is 4.48. The van der Waals surface area contributed by atoms with Gasteiger partial charge < -0.3 is 15.6 Å². The highest BCUT2D eigenvalue weighted by Gasteiger charge is 2.25. The number of nitrogens with two attached hydrogens (primary N) is 1. The van der Waals surface area contributed by atoms with Crippen LogP contribution >= 0.6 is 0 Å². The van der Waals surface area contributed by atoms with Crippen LogP contribution in [0.5, 0.6) is 5.75 Å². The molecule has 0 fully saturated rings. The Morgan fingerprint density at radius 1 is 1.57 bits per heavy atom. The predicted molar refractivity (Wildman–Crippen MR) is 51.6 cm³/mol. The number of ether oxygens (including phenoxy) is 1. The molecule has 0 saturated heterocycles. The molecule has 0 radical (unpaired) electrons. The first-order valence-corrected chi connectivity index (χ1v) is 4.27. The van der Waals surface area contributed by atoms with Crippen molar-refractivity contribution >= 4 is 0 Å². The van der Waals surface area contributed by atoms with Gasteiger partial charge >= 0.3 is 0 Å². The Bertz CT molecular complexity index is 326. The zero-order chi connectivity index (χ0) is 10.8. The van der Waals surface area contributed by atoms with Crippen molar-refractivity contribution in [2.45, 2.75) is 12.5 Å². The van der Waals surface area contributed by atoms with Crippen LogP contribution in [0.3, 0.4) is 0 Å². The molecular weight excluding hydrogens is 185 g/mol. The van der Waals surface area contributed by atoms with Crippen molar-refractivity contribution in [2.75, 3.05) is 13.7 Å². The Hall–Kier alpha value is -1.13. The highest BCUT2D eigenvalue weighted by atomic mass is 19.1. The van der Waals surface area contributed by atoms with E-state index in [1.807, 2.05) is 0 Å². The lowest BCUT2D eigenvalue weighted by Gasteiger charge is -2.23. The lowest BCUT2D eigenvalue weighted by molar-refractivity contribution is 0.0637. The Labute approximate surface area is 82.3 Å². The first-order chi connectivity index (χ1) is 6.51. The van der Waals surface area contributed by atoms with Gasteiger partial charge in [0.25, 0.3) is 0 Å². The summed E-state index contributed by atoms with van der Waals surface area (Å²) < 4.78 is 17.9. The van der Waals surface area contributed by atoms with Crippen LogP contribution in [0.1, 0.15) is 12.5 Å². The van der Waals surface area contributed by atoms with Crippen molar-refractivity contribution in [3.05, 3.63) is 29.6 Å². The molecule has 0 aliphatic carbocycles. The van der Waals surface area contributed by atoms with Gasteiger partial charge in [-0.3, -0.25) is 0 Å². The Morgan fingerprint density at radius 2 is 2.21 bits per heavy atom. The molecule has 1 aromatic carbocycles. The van der Waals surface area contributed by atoms with Gasteiger partial charge in [0.15, 0.2) is 0 Å². The van der Waals surface area contributed by atoms with E-state index in [1.54, 1.807) is 0 Å². The second-order valence-corrected chi connectivity index (χ2v) is 3.32. The van der Waals surface area contributed by atoms with Gasteiger partial charge in [0.05, 0.1) is 7.11 Å². The number of methoxy groups -OCH3 is 1. The van der Waals surface area contributed by atoms with Crippen LogP contribution in [0.4, 0.5) is 4.39 Å². The molecule has 0 aliphatic heterocycles. The third-order valence-electron chi connectivity index (χ3n) is 2.14. The van der Waals surface area contributed by atoms with E-state index in [2.05, 4.69) is 0 Å². The average molecular weight is 199 g/mol. The van der Waals surface area contributed by atoms with Crippen molar-refractivity contribution in [1.82, 2.24) is 0 Å². The SMILES string of the molecule is COc1ccc(F)cc1C(C)(O)CN. The number of halogens is 1. The van der Waals surface area contributed by atoms with Gasteiger partial charge in [-0.25, -0.2) is 4.39 Å². The quantitative estimate of drug-likeness (QED) is 0.763. The summed E-state index contributed by atoms with van der Waals surface area (Å²) in [5, 5.41) is 9.86. The lowest BCUT2D eigenvalue weighted by atomic mass is 9.95. The molecule has 4 heteroatoms. The molecule has 0 aromatic heterocycles. The smallest absolute Gasteiger partial charge is 0.125 e. The van der Waals surface area contributed by atoms with Gasteiger partial charge in [-0.1, -0.05) is 0 Å². The van der Waals surface area contributed by atoms with Gasteiger partial charge in [-0.15, -0.1) is 0 Å². The highest BCUT2D eigenvalue weighted by Crippen LogP contribution is 2.29. The zero-order valence-corrected chi connectivity index (χ0v) is 8.25. The topological polar surface area (TPSA) is 55.5 Å². The van der Waals surface area contributed by atoms with Gasteiger partial charge in [0, 0.05) is 12.1 Å². The summed E-state index contributed by atoms with van der Waals surface area (Å²) in [4.78, 5) is 0. The first-order valence-electron chi connectivity index (χ1n) is 4.27. The molecule has 0 saturated carbocycles. The second kappa shape index (κ2) is 3.94. The lowest BCUT2D eigenvalue weighted by Crippen LogP contribution is -2.31. The van der Waals surface area contributed by atoms with Crippen LogP contribution in [0.15, 0.2) is 18.2 Å². The Balaban J connectivity index is 3.23. The summed E-state index contributed by atoms with van der Waals surface area (Å²) >= 11 is 0. The maximum atomic E-state index is 12.9. The maximum Gasteiger partial charge on any atom is 0.125 e. The van der Waals surface area contributed by atoms with Gasteiger partial charge in [-0.2, -0.15) is 0 Å². The monoisotopic (exact) mass is 199 g/mol. The van der Waals surface area contributed by atoms with Crippen LogP contribution < -0.4 is 10.5 Å². The van der Waals surface area contributed by atoms with E-state index < -0.39 is 11.4 Å². The molecule has 1 atom stereocenters. The van der Waals surface area contributed by atoms with Gasteiger partial charge in [0.2, 0.25) is 0 Å². The molecule has 0 heterocycles. The molecule has 14 heavy (non-hydrogen) atoms. The fourth-order valence-electron chi connectivity index (χ4n) is 1.21. The van der Waals surface area contributed by atoms with E-state index in [0.717, 1.165) is 0 Å². The fraction of sp³-hybridized carbons (Fsp3) is 0.400. The molecule has 78 valence electrons. The predicted octanol–water partition coefficient (Wildman–Crippen LogP) is 1.00. The summed E-state index contributed by atoms with van der Waals surface area (Å²) in [5.74, 6) is 0.0105. The van der Waals surface area contributed by atoms with Crippen molar-refractivity contribution in [2.24, 2.45) is 5.73 Å². The maximum absolute atomic E-state index is 12.9. The average Bonchev–Trinajstić information content (AvgIpc) is 2.18. The van der Waals surface area contributed by atoms with E-state index in [-0.39, 0.29) is 6.54 Å². The highest BCUT2D eigenvalue weighted by molar-refractivity contribution is 5.38. The first kappa shape index (κ1) is 10.9. The number of hydrogen-bond donors (Lipinski definition) is 2. The molecule has 1 rings (SSSR count). The minimum atomic E-state index is -1.27. The molecule has 1 aromatic rings. The minimum absolute atomic E-state index is 0.00676. The number of rotatable bonds is 3. The summed E-state index contributed by atoms with van der Waals surface area (Å²) in [6.07, 6.45) is 0. The molecule has 0 aliphatic rings. The van der Waals surface area contributed by atoms with E-state index in [4.69, 9.17) is 10.5 Å². The minimum Gasteiger partial charge on any atom is -0.496 e. The van der Waals surface area contributed by atoms with Gasteiger partial charge in [0.1, 0.15) is 17.2 Å². The zero-order valence-electron chi connectivity index (χ0n) is 8.25. The fourth-order valence-corrected chi connectivity index (χ4v) is 1.21. The summed E-state index contributed by atoms with van der Waals surface area (Å²) in [6, 6.07) is 3.97. The Kier molecular flexibility index (Phi) is 3.08. The van der Waals surface area contributed by atoms with E-state index in [0.29, 0.717) is 11.3 Å². The third-order valence-corrected chi connectivity index (χ3v) is 2.14. The van der Waals surface area contributed by atoms with Gasteiger partial charge in [-0.05, 0) is 25.1 Å². The van der Waals surface area contributed by atoms with Crippen molar-refractivity contribution in [1.29, 1.82) is 0 Å². The van der Waals surface area contributed by atoms with E-state index in [9.17, 15) is 9.50 Å². The molecule has 0 bridgehead atoms. The van der Waals surface area contributed by atoms with Crippen LogP contribution in [-0.4, -0.2) is 18.8 Å². The third kappa shape index (κ3) is 2.02. The normalized spacial score (nSPS) is 14.9. The van der Waals surface area contributed by atoms with Crippen LogP contribution in [0.2, 0.25) is 0 Å². The summed E-state index contributed by atoms with van der Waals surface area (Å²) in [6.45, 7) is 1.52. The van der Waals surface area contributed by atoms with Crippen LogP contribution in [0, 0.1) is 5.82 Å². The van der Waals surface area contributed by atoms with Crippen molar-refractivity contribution < 1.29 is 14.2 Å². The number of benzene rings is 1. The molecule has 1 unspecified atom stereocenters. The molecule has 0 spiro atoms. The Morgan fingerprint density at radius 3 is 2.71 bits per heavy atom. The molecular formula is C10H14FNO2.